The zero-order chi connectivity index (χ0) is 19.2. The maximum Gasteiger partial charge on any atom is 0.274 e. The van der Waals surface area contributed by atoms with Crippen molar-refractivity contribution >= 4 is 23.2 Å². The highest BCUT2D eigenvalue weighted by Crippen LogP contribution is 2.20. The Morgan fingerprint density at radius 2 is 1.74 bits per heavy atom. The summed E-state index contributed by atoms with van der Waals surface area (Å²) in [7, 11) is 0. The minimum absolute atomic E-state index is 0.200. The van der Waals surface area contributed by atoms with Crippen LogP contribution in [0.3, 0.4) is 0 Å². The maximum absolute atomic E-state index is 12.7. The van der Waals surface area contributed by atoms with Gasteiger partial charge in [0.1, 0.15) is 5.69 Å². The lowest BCUT2D eigenvalue weighted by atomic mass is 10.1. The summed E-state index contributed by atoms with van der Waals surface area (Å²) in [6, 6.07) is 9.68. The average Bonchev–Trinajstić information content (AvgIpc) is 2.70. The summed E-state index contributed by atoms with van der Waals surface area (Å²) in [6.45, 7) is 10.0. The zero-order valence-corrected chi connectivity index (χ0v) is 16.5. The number of carbonyl (C=O) groups excluding carboxylic acids is 1. The van der Waals surface area contributed by atoms with Crippen molar-refractivity contribution in [3.8, 4) is 0 Å². The van der Waals surface area contributed by atoms with Crippen LogP contribution in [-0.4, -0.2) is 42.1 Å². The molecule has 0 spiro atoms. The molecule has 3 rings (SSSR count). The van der Waals surface area contributed by atoms with Crippen LogP contribution in [0.2, 0.25) is 0 Å². The van der Waals surface area contributed by atoms with Gasteiger partial charge in [0.25, 0.3) is 5.91 Å². The zero-order valence-electron chi connectivity index (χ0n) is 16.5. The first kappa shape index (κ1) is 19.1. The number of aromatic nitrogens is 2. The summed E-state index contributed by atoms with van der Waals surface area (Å²) < 4.78 is 0. The second kappa shape index (κ2) is 8.84. The number of piperidine rings is 1. The van der Waals surface area contributed by atoms with Crippen LogP contribution in [0.25, 0.3) is 0 Å². The molecule has 0 aliphatic carbocycles. The number of anilines is 3. The van der Waals surface area contributed by atoms with E-state index in [0.29, 0.717) is 11.6 Å². The highest BCUT2D eigenvalue weighted by Gasteiger charge is 2.17. The Kier molecular flexibility index (Phi) is 6.27. The highest BCUT2D eigenvalue weighted by molar-refractivity contribution is 6.03. The van der Waals surface area contributed by atoms with Crippen molar-refractivity contribution in [1.29, 1.82) is 0 Å². The van der Waals surface area contributed by atoms with Crippen molar-refractivity contribution in [2.45, 2.75) is 40.0 Å². The molecule has 1 N–H and O–H groups in total. The van der Waals surface area contributed by atoms with Gasteiger partial charge in [0.15, 0.2) is 0 Å². The SMILES string of the molecule is CCN(CC)c1ccc(NC(=O)c2cc(C)nc(N3CCCCC3)n2)cc1. The van der Waals surface area contributed by atoms with Gasteiger partial charge in [-0.15, -0.1) is 0 Å². The largest absolute Gasteiger partial charge is 0.372 e. The van der Waals surface area contributed by atoms with Gasteiger partial charge in [-0.1, -0.05) is 0 Å². The quantitative estimate of drug-likeness (QED) is 0.840. The van der Waals surface area contributed by atoms with E-state index in [2.05, 4.69) is 38.9 Å². The molecule has 0 saturated carbocycles. The molecule has 1 aliphatic rings. The van der Waals surface area contributed by atoms with Crippen LogP contribution < -0.4 is 15.1 Å². The van der Waals surface area contributed by atoms with E-state index < -0.39 is 0 Å². The van der Waals surface area contributed by atoms with Crippen LogP contribution in [0.5, 0.6) is 0 Å². The number of aryl methyl sites for hydroxylation is 1. The van der Waals surface area contributed by atoms with Crippen molar-refractivity contribution in [2.75, 3.05) is 41.3 Å². The molecule has 1 aliphatic heterocycles. The van der Waals surface area contributed by atoms with Crippen molar-refractivity contribution in [1.82, 2.24) is 9.97 Å². The number of benzene rings is 1. The van der Waals surface area contributed by atoms with E-state index in [0.717, 1.165) is 56.1 Å². The Morgan fingerprint density at radius 1 is 1.07 bits per heavy atom. The van der Waals surface area contributed by atoms with Crippen LogP contribution in [-0.2, 0) is 0 Å². The van der Waals surface area contributed by atoms with E-state index in [-0.39, 0.29) is 5.91 Å². The molecule has 1 aromatic heterocycles. The van der Waals surface area contributed by atoms with Gasteiger partial charge in [0.05, 0.1) is 0 Å². The minimum atomic E-state index is -0.200. The lowest BCUT2D eigenvalue weighted by Gasteiger charge is -2.27. The molecule has 0 atom stereocenters. The van der Waals surface area contributed by atoms with Gasteiger partial charge in [-0.25, -0.2) is 9.97 Å². The molecule has 6 heteroatoms. The van der Waals surface area contributed by atoms with E-state index in [1.165, 1.54) is 6.42 Å². The number of carbonyl (C=O) groups is 1. The second-order valence-corrected chi connectivity index (χ2v) is 6.92. The molecule has 1 amide bonds. The van der Waals surface area contributed by atoms with Gasteiger partial charge in [-0.3, -0.25) is 4.79 Å². The molecule has 2 aromatic rings. The number of hydrogen-bond donors (Lipinski definition) is 1. The summed E-state index contributed by atoms with van der Waals surface area (Å²) in [6.07, 6.45) is 3.55. The number of nitrogens with one attached hydrogen (secondary N) is 1. The van der Waals surface area contributed by atoms with Gasteiger partial charge in [-0.05, 0) is 70.4 Å². The standard InChI is InChI=1S/C21H29N5O/c1-4-25(5-2)18-11-9-17(10-12-18)23-20(27)19-15-16(3)22-21(24-19)26-13-7-6-8-14-26/h9-12,15H,4-8,13-14H2,1-3H3,(H,23,27). The first-order chi connectivity index (χ1) is 13.1. The fourth-order valence-electron chi connectivity index (χ4n) is 3.44. The van der Waals surface area contributed by atoms with Crippen molar-refractivity contribution in [2.24, 2.45) is 0 Å². The van der Waals surface area contributed by atoms with Gasteiger partial charge < -0.3 is 15.1 Å². The van der Waals surface area contributed by atoms with E-state index in [4.69, 9.17) is 0 Å². The number of hydrogen-bond acceptors (Lipinski definition) is 5. The lowest BCUT2D eigenvalue weighted by Crippen LogP contribution is -2.31. The van der Waals surface area contributed by atoms with Crippen LogP contribution in [0, 0.1) is 6.92 Å². The van der Waals surface area contributed by atoms with Crippen molar-refractivity contribution in [3.05, 3.63) is 41.7 Å². The Labute approximate surface area is 161 Å². The van der Waals surface area contributed by atoms with E-state index in [1.807, 2.05) is 31.2 Å². The molecule has 1 aromatic carbocycles. The van der Waals surface area contributed by atoms with Crippen molar-refractivity contribution < 1.29 is 4.79 Å². The third kappa shape index (κ3) is 4.76. The molecule has 2 heterocycles. The molecule has 1 saturated heterocycles. The fraction of sp³-hybridized carbons (Fsp3) is 0.476. The van der Waals surface area contributed by atoms with Crippen LogP contribution in [0.1, 0.15) is 49.3 Å². The molecule has 0 bridgehead atoms. The predicted octanol–water partition coefficient (Wildman–Crippen LogP) is 3.87. The third-order valence-electron chi connectivity index (χ3n) is 4.97. The topological polar surface area (TPSA) is 61.4 Å². The predicted molar refractivity (Wildman–Crippen MR) is 111 cm³/mol. The Bertz CT molecular complexity index is 765. The monoisotopic (exact) mass is 367 g/mol. The summed E-state index contributed by atoms with van der Waals surface area (Å²) >= 11 is 0. The first-order valence-corrected chi connectivity index (χ1v) is 9.87. The maximum atomic E-state index is 12.7. The normalized spacial score (nSPS) is 14.1. The van der Waals surface area contributed by atoms with Crippen LogP contribution in [0.15, 0.2) is 30.3 Å². The first-order valence-electron chi connectivity index (χ1n) is 9.87. The van der Waals surface area contributed by atoms with Crippen LogP contribution >= 0.6 is 0 Å². The summed E-state index contributed by atoms with van der Waals surface area (Å²) in [5.74, 6) is 0.464. The Morgan fingerprint density at radius 3 is 2.37 bits per heavy atom. The minimum Gasteiger partial charge on any atom is -0.372 e. The number of rotatable bonds is 6. The van der Waals surface area contributed by atoms with Gasteiger partial charge in [-0.2, -0.15) is 0 Å². The Hall–Kier alpha value is -2.63. The van der Waals surface area contributed by atoms with Crippen molar-refractivity contribution in [3.63, 3.8) is 0 Å². The van der Waals surface area contributed by atoms with E-state index in [1.54, 1.807) is 6.07 Å². The van der Waals surface area contributed by atoms with Gasteiger partial charge in [0, 0.05) is 43.2 Å². The van der Waals surface area contributed by atoms with Gasteiger partial charge >= 0.3 is 0 Å². The summed E-state index contributed by atoms with van der Waals surface area (Å²) in [5, 5.41) is 2.95. The lowest BCUT2D eigenvalue weighted by molar-refractivity contribution is 0.102. The molecule has 6 nitrogen and oxygen atoms in total. The molecule has 1 fully saturated rings. The molecule has 0 unspecified atom stereocenters. The Balaban J connectivity index is 1.73. The summed E-state index contributed by atoms with van der Waals surface area (Å²) in [4.78, 5) is 26.2. The molecular formula is C21H29N5O. The van der Waals surface area contributed by atoms with Crippen LogP contribution in [0.4, 0.5) is 17.3 Å². The highest BCUT2D eigenvalue weighted by atomic mass is 16.1. The molecular weight excluding hydrogens is 338 g/mol. The van der Waals surface area contributed by atoms with E-state index >= 15 is 0 Å². The average molecular weight is 367 g/mol. The van der Waals surface area contributed by atoms with E-state index in [9.17, 15) is 4.79 Å². The number of nitrogens with zero attached hydrogens (tertiary/aromatic N) is 4. The number of amides is 1. The molecule has 27 heavy (non-hydrogen) atoms. The summed E-state index contributed by atoms with van der Waals surface area (Å²) in [5.41, 5.74) is 3.15. The molecule has 144 valence electrons. The smallest absolute Gasteiger partial charge is 0.274 e. The van der Waals surface area contributed by atoms with Gasteiger partial charge in [0.2, 0.25) is 5.95 Å². The second-order valence-electron chi connectivity index (χ2n) is 6.92. The third-order valence-corrected chi connectivity index (χ3v) is 4.97. The molecule has 0 radical (unpaired) electrons. The fourth-order valence-corrected chi connectivity index (χ4v) is 3.44.